The van der Waals surface area contributed by atoms with Gasteiger partial charge in [-0.2, -0.15) is 4.98 Å². The number of carbonyl (C=O) groups excluding carboxylic acids is 1. The number of ether oxygens (including phenoxy) is 1. The van der Waals surface area contributed by atoms with Crippen molar-refractivity contribution in [2.45, 2.75) is 6.54 Å². The van der Waals surface area contributed by atoms with Crippen LogP contribution in [0.1, 0.15) is 5.89 Å². The summed E-state index contributed by atoms with van der Waals surface area (Å²) in [5, 5.41) is 6.42. The van der Waals surface area contributed by atoms with Crippen molar-refractivity contribution in [1.29, 1.82) is 0 Å². The molecule has 1 aromatic heterocycles. The number of nitrogens with zero attached hydrogens (tertiary/aromatic N) is 2. The van der Waals surface area contributed by atoms with E-state index in [0.29, 0.717) is 17.5 Å². The maximum absolute atomic E-state index is 11.6. The molecule has 0 spiro atoms. The Labute approximate surface area is 126 Å². The van der Waals surface area contributed by atoms with Crippen molar-refractivity contribution in [1.82, 2.24) is 15.5 Å². The largest absolute Gasteiger partial charge is 0.413 e. The number of carbonyl (C=O) groups is 1. The summed E-state index contributed by atoms with van der Waals surface area (Å²) in [5.41, 5.74) is 0.851. The molecule has 3 aromatic rings. The molecule has 0 fully saturated rings. The third kappa shape index (κ3) is 3.49. The van der Waals surface area contributed by atoms with Crippen molar-refractivity contribution >= 4 is 6.09 Å². The van der Waals surface area contributed by atoms with Crippen LogP contribution in [0, 0.1) is 0 Å². The monoisotopic (exact) mass is 295 g/mol. The van der Waals surface area contributed by atoms with E-state index in [1.54, 1.807) is 24.3 Å². The lowest BCUT2D eigenvalue weighted by Crippen LogP contribution is -2.26. The highest BCUT2D eigenvalue weighted by Crippen LogP contribution is 2.14. The zero-order valence-corrected chi connectivity index (χ0v) is 11.6. The molecule has 22 heavy (non-hydrogen) atoms. The van der Waals surface area contributed by atoms with Crippen LogP contribution < -0.4 is 10.1 Å². The third-order valence-corrected chi connectivity index (χ3v) is 2.84. The van der Waals surface area contributed by atoms with E-state index in [0.717, 1.165) is 5.56 Å². The van der Waals surface area contributed by atoms with Crippen LogP contribution in [0.15, 0.2) is 65.2 Å². The lowest BCUT2D eigenvalue weighted by Gasteiger charge is -2.03. The summed E-state index contributed by atoms with van der Waals surface area (Å²) in [6.45, 7) is 0.103. The first kappa shape index (κ1) is 13.8. The van der Waals surface area contributed by atoms with Gasteiger partial charge in [-0.3, -0.25) is 0 Å². The highest BCUT2D eigenvalue weighted by molar-refractivity contribution is 5.70. The minimum atomic E-state index is -0.578. The summed E-state index contributed by atoms with van der Waals surface area (Å²) in [4.78, 5) is 15.9. The topological polar surface area (TPSA) is 77.3 Å². The summed E-state index contributed by atoms with van der Waals surface area (Å²) in [6, 6.07) is 18.2. The quantitative estimate of drug-likeness (QED) is 0.800. The third-order valence-electron chi connectivity index (χ3n) is 2.84. The van der Waals surface area contributed by atoms with Crippen molar-refractivity contribution in [2.24, 2.45) is 0 Å². The molecule has 0 saturated heterocycles. The van der Waals surface area contributed by atoms with Crippen LogP contribution in [0.4, 0.5) is 4.79 Å². The molecule has 1 amide bonds. The lowest BCUT2D eigenvalue weighted by atomic mass is 10.2. The molecule has 110 valence electrons. The smallest absolute Gasteiger partial charge is 0.410 e. The zero-order chi connectivity index (χ0) is 15.2. The maximum atomic E-state index is 11.6. The molecule has 1 heterocycles. The van der Waals surface area contributed by atoms with Gasteiger partial charge >= 0.3 is 6.09 Å². The maximum Gasteiger partial charge on any atom is 0.413 e. The predicted octanol–water partition coefficient (Wildman–Crippen LogP) is 3.03. The molecule has 0 atom stereocenters. The number of amides is 1. The highest BCUT2D eigenvalue weighted by atomic mass is 16.6. The van der Waals surface area contributed by atoms with Gasteiger partial charge in [0.25, 0.3) is 0 Å². The second kappa shape index (κ2) is 6.53. The van der Waals surface area contributed by atoms with Gasteiger partial charge in [-0.15, -0.1) is 0 Å². The van der Waals surface area contributed by atoms with E-state index in [9.17, 15) is 4.79 Å². The Balaban J connectivity index is 1.56. The van der Waals surface area contributed by atoms with Crippen LogP contribution in [0.25, 0.3) is 11.4 Å². The molecule has 6 nitrogen and oxygen atoms in total. The minimum Gasteiger partial charge on any atom is -0.410 e. The van der Waals surface area contributed by atoms with Gasteiger partial charge in [-0.05, 0) is 12.1 Å². The van der Waals surface area contributed by atoms with E-state index in [4.69, 9.17) is 9.26 Å². The number of hydrogen-bond acceptors (Lipinski definition) is 5. The molecule has 0 saturated carbocycles. The Bertz CT molecular complexity index is 742. The molecule has 0 unspecified atom stereocenters. The van der Waals surface area contributed by atoms with Crippen molar-refractivity contribution in [3.05, 3.63) is 66.6 Å². The number of aromatic nitrogens is 2. The van der Waals surface area contributed by atoms with Crippen LogP contribution in [0.2, 0.25) is 0 Å². The standard InChI is InChI=1S/C16H13N3O3/c20-16(21-13-9-5-2-6-10-13)17-11-14-18-15(19-22-14)12-7-3-1-4-8-12/h1-10H,11H2,(H,17,20). The molecule has 0 aliphatic carbocycles. The van der Waals surface area contributed by atoms with E-state index in [1.807, 2.05) is 36.4 Å². The fourth-order valence-corrected chi connectivity index (χ4v) is 1.81. The SMILES string of the molecule is O=C(NCc1nc(-c2ccccc2)no1)Oc1ccccc1. The van der Waals surface area contributed by atoms with Crippen molar-refractivity contribution < 1.29 is 14.1 Å². The van der Waals surface area contributed by atoms with E-state index in [-0.39, 0.29) is 6.54 Å². The van der Waals surface area contributed by atoms with Crippen molar-refractivity contribution in [3.63, 3.8) is 0 Å². The van der Waals surface area contributed by atoms with E-state index in [1.165, 1.54) is 0 Å². The fraction of sp³-hybridized carbons (Fsp3) is 0.0625. The van der Waals surface area contributed by atoms with Gasteiger partial charge < -0.3 is 14.6 Å². The first-order valence-corrected chi connectivity index (χ1v) is 6.70. The molecule has 2 aromatic carbocycles. The number of rotatable bonds is 4. The molecular formula is C16H13N3O3. The molecule has 0 radical (unpaired) electrons. The van der Waals surface area contributed by atoms with Crippen molar-refractivity contribution in [3.8, 4) is 17.1 Å². The van der Waals surface area contributed by atoms with Crippen molar-refractivity contribution in [2.75, 3.05) is 0 Å². The Hall–Kier alpha value is -3.15. The number of para-hydroxylation sites is 1. The second-order valence-electron chi connectivity index (χ2n) is 4.43. The van der Waals surface area contributed by atoms with E-state index < -0.39 is 6.09 Å². The Kier molecular flexibility index (Phi) is 4.10. The van der Waals surface area contributed by atoms with Gasteiger partial charge in [0, 0.05) is 5.56 Å². The Morgan fingerprint density at radius 2 is 1.73 bits per heavy atom. The van der Waals surface area contributed by atoms with Crippen LogP contribution in [-0.4, -0.2) is 16.2 Å². The fourth-order valence-electron chi connectivity index (χ4n) is 1.81. The first-order chi connectivity index (χ1) is 10.8. The summed E-state index contributed by atoms with van der Waals surface area (Å²) in [5.74, 6) is 1.26. The second-order valence-corrected chi connectivity index (χ2v) is 4.43. The van der Waals surface area contributed by atoms with E-state index in [2.05, 4.69) is 15.5 Å². The molecular weight excluding hydrogens is 282 g/mol. The van der Waals surface area contributed by atoms with Crippen LogP contribution in [-0.2, 0) is 6.54 Å². The first-order valence-electron chi connectivity index (χ1n) is 6.70. The van der Waals surface area contributed by atoms with Crippen LogP contribution in [0.3, 0.4) is 0 Å². The average molecular weight is 295 g/mol. The number of benzene rings is 2. The number of nitrogens with one attached hydrogen (secondary N) is 1. The van der Waals surface area contributed by atoms with Gasteiger partial charge in [0.05, 0.1) is 0 Å². The summed E-state index contributed by atoms with van der Waals surface area (Å²) >= 11 is 0. The van der Waals surface area contributed by atoms with Crippen LogP contribution >= 0.6 is 0 Å². The molecule has 0 aliphatic rings. The summed E-state index contributed by atoms with van der Waals surface area (Å²) in [6.07, 6.45) is -0.578. The normalized spacial score (nSPS) is 10.2. The summed E-state index contributed by atoms with van der Waals surface area (Å²) in [7, 11) is 0. The summed E-state index contributed by atoms with van der Waals surface area (Å²) < 4.78 is 10.2. The van der Waals surface area contributed by atoms with Crippen LogP contribution in [0.5, 0.6) is 5.75 Å². The van der Waals surface area contributed by atoms with Gasteiger partial charge in [0.15, 0.2) is 0 Å². The van der Waals surface area contributed by atoms with Gasteiger partial charge in [-0.25, -0.2) is 4.79 Å². The van der Waals surface area contributed by atoms with E-state index >= 15 is 0 Å². The minimum absolute atomic E-state index is 0.103. The Morgan fingerprint density at radius 3 is 2.45 bits per heavy atom. The lowest BCUT2D eigenvalue weighted by molar-refractivity contribution is 0.198. The average Bonchev–Trinajstić information content (AvgIpc) is 3.04. The predicted molar refractivity (Wildman–Crippen MR) is 79.0 cm³/mol. The molecule has 3 rings (SSSR count). The molecule has 1 N–H and O–H groups in total. The van der Waals surface area contributed by atoms with Gasteiger partial charge in [0.1, 0.15) is 12.3 Å². The highest BCUT2D eigenvalue weighted by Gasteiger charge is 2.10. The number of hydrogen-bond donors (Lipinski definition) is 1. The molecule has 6 heteroatoms. The van der Waals surface area contributed by atoms with Gasteiger partial charge in [-0.1, -0.05) is 53.7 Å². The van der Waals surface area contributed by atoms with Gasteiger partial charge in [0.2, 0.25) is 11.7 Å². The molecule has 0 bridgehead atoms. The zero-order valence-electron chi connectivity index (χ0n) is 11.6. The molecule has 0 aliphatic heterocycles. The Morgan fingerprint density at radius 1 is 1.05 bits per heavy atom.